The van der Waals surface area contributed by atoms with Gasteiger partial charge in [-0.15, -0.1) is 0 Å². The SMILES string of the molecule is C[C@H](N)C(=O)O[C@@H](C)C(c1ccc(Cl)c(F)c1)c1ccc(Cl)c(F)c1. The molecule has 0 amide bonds. The highest BCUT2D eigenvalue weighted by Gasteiger charge is 2.27. The van der Waals surface area contributed by atoms with Crippen molar-refractivity contribution in [2.24, 2.45) is 5.73 Å². The zero-order chi connectivity index (χ0) is 18.7. The first-order chi connectivity index (χ1) is 11.7. The lowest BCUT2D eigenvalue weighted by atomic mass is 9.87. The summed E-state index contributed by atoms with van der Waals surface area (Å²) in [7, 11) is 0. The maximum atomic E-state index is 13.9. The van der Waals surface area contributed by atoms with Crippen LogP contribution in [0.25, 0.3) is 0 Å². The van der Waals surface area contributed by atoms with Crippen LogP contribution in [0.5, 0.6) is 0 Å². The Morgan fingerprint density at radius 3 is 1.80 bits per heavy atom. The van der Waals surface area contributed by atoms with Crippen molar-refractivity contribution in [3.63, 3.8) is 0 Å². The minimum Gasteiger partial charge on any atom is -0.461 e. The topological polar surface area (TPSA) is 52.3 Å². The molecule has 2 N–H and O–H groups in total. The van der Waals surface area contributed by atoms with Gasteiger partial charge in [-0.3, -0.25) is 4.79 Å². The molecule has 0 spiro atoms. The van der Waals surface area contributed by atoms with Crippen LogP contribution in [-0.4, -0.2) is 18.1 Å². The molecule has 3 nitrogen and oxygen atoms in total. The molecule has 0 aromatic heterocycles. The Morgan fingerprint density at radius 2 is 1.44 bits per heavy atom. The van der Waals surface area contributed by atoms with Crippen LogP contribution in [0.1, 0.15) is 30.9 Å². The highest BCUT2D eigenvalue weighted by atomic mass is 35.5. The van der Waals surface area contributed by atoms with Gasteiger partial charge in [-0.05, 0) is 49.2 Å². The van der Waals surface area contributed by atoms with Crippen molar-refractivity contribution in [2.45, 2.75) is 31.9 Å². The van der Waals surface area contributed by atoms with Crippen molar-refractivity contribution in [1.29, 1.82) is 0 Å². The third-order valence-electron chi connectivity index (χ3n) is 3.75. The maximum Gasteiger partial charge on any atom is 0.322 e. The lowest BCUT2D eigenvalue weighted by Gasteiger charge is -2.26. The molecule has 2 aromatic rings. The normalized spacial score (nSPS) is 13.6. The predicted molar refractivity (Wildman–Crippen MR) is 93.9 cm³/mol. The third kappa shape index (κ3) is 4.69. The van der Waals surface area contributed by atoms with Crippen LogP contribution in [0.3, 0.4) is 0 Å². The molecule has 0 fully saturated rings. The fourth-order valence-electron chi connectivity index (χ4n) is 2.50. The molecule has 0 aliphatic heterocycles. The summed E-state index contributed by atoms with van der Waals surface area (Å²) in [5.74, 6) is -2.48. The number of ether oxygens (including phenoxy) is 1. The first-order valence-electron chi connectivity index (χ1n) is 7.56. The summed E-state index contributed by atoms with van der Waals surface area (Å²) in [5, 5.41) is -0.0740. The fourth-order valence-corrected chi connectivity index (χ4v) is 2.74. The molecule has 7 heteroatoms. The first-order valence-corrected chi connectivity index (χ1v) is 8.32. The minimum absolute atomic E-state index is 0.0370. The molecule has 0 bridgehead atoms. The van der Waals surface area contributed by atoms with Gasteiger partial charge in [0.25, 0.3) is 0 Å². The van der Waals surface area contributed by atoms with Crippen molar-refractivity contribution in [3.05, 3.63) is 69.2 Å². The van der Waals surface area contributed by atoms with Gasteiger partial charge in [0.05, 0.1) is 10.0 Å². The summed E-state index contributed by atoms with van der Waals surface area (Å²) in [5.41, 5.74) is 6.48. The number of esters is 1. The molecule has 0 aliphatic rings. The zero-order valence-corrected chi connectivity index (χ0v) is 15.1. The fraction of sp³-hybridized carbons (Fsp3) is 0.278. The summed E-state index contributed by atoms with van der Waals surface area (Å²) >= 11 is 11.5. The van der Waals surface area contributed by atoms with Crippen molar-refractivity contribution < 1.29 is 18.3 Å². The van der Waals surface area contributed by atoms with E-state index in [0.717, 1.165) is 0 Å². The van der Waals surface area contributed by atoms with Crippen molar-refractivity contribution in [3.8, 4) is 0 Å². The predicted octanol–water partition coefficient (Wildman–Crippen LogP) is 4.68. The molecule has 0 unspecified atom stereocenters. The lowest BCUT2D eigenvalue weighted by Crippen LogP contribution is -2.33. The van der Waals surface area contributed by atoms with Crippen LogP contribution < -0.4 is 5.73 Å². The molecule has 2 rings (SSSR count). The van der Waals surface area contributed by atoms with Crippen molar-refractivity contribution in [2.75, 3.05) is 0 Å². The molecular formula is C18H17Cl2F2NO2. The Morgan fingerprint density at radius 1 is 1.00 bits per heavy atom. The lowest BCUT2D eigenvalue weighted by molar-refractivity contribution is -0.149. The largest absolute Gasteiger partial charge is 0.461 e. The van der Waals surface area contributed by atoms with E-state index < -0.39 is 35.7 Å². The van der Waals surface area contributed by atoms with Crippen LogP contribution in [0.4, 0.5) is 8.78 Å². The maximum absolute atomic E-state index is 13.9. The molecule has 0 heterocycles. The van der Waals surface area contributed by atoms with Gasteiger partial charge >= 0.3 is 5.97 Å². The number of carbonyl (C=O) groups excluding carboxylic acids is 1. The van der Waals surface area contributed by atoms with Gasteiger partial charge in [-0.2, -0.15) is 0 Å². The molecule has 2 atom stereocenters. The number of carbonyl (C=O) groups is 1. The van der Waals surface area contributed by atoms with E-state index in [1.54, 1.807) is 19.1 Å². The van der Waals surface area contributed by atoms with Gasteiger partial charge in [-0.1, -0.05) is 35.3 Å². The van der Waals surface area contributed by atoms with E-state index in [4.69, 9.17) is 33.7 Å². The average molecular weight is 388 g/mol. The van der Waals surface area contributed by atoms with Gasteiger partial charge in [-0.25, -0.2) is 8.78 Å². The number of nitrogens with two attached hydrogens (primary N) is 1. The monoisotopic (exact) mass is 387 g/mol. The molecule has 0 saturated carbocycles. The molecule has 25 heavy (non-hydrogen) atoms. The number of hydrogen-bond acceptors (Lipinski definition) is 3. The second kappa shape index (κ2) is 8.13. The van der Waals surface area contributed by atoms with E-state index in [1.165, 1.54) is 31.2 Å². The highest BCUT2D eigenvalue weighted by molar-refractivity contribution is 6.31. The number of benzene rings is 2. The summed E-state index contributed by atoms with van der Waals surface area (Å²) in [6.07, 6.45) is -0.723. The Balaban J connectivity index is 2.48. The second-order valence-corrected chi connectivity index (χ2v) is 6.57. The molecule has 0 radical (unpaired) electrons. The van der Waals surface area contributed by atoms with Gasteiger partial charge in [0, 0.05) is 5.92 Å². The van der Waals surface area contributed by atoms with E-state index in [1.807, 2.05) is 0 Å². The van der Waals surface area contributed by atoms with E-state index in [9.17, 15) is 13.6 Å². The van der Waals surface area contributed by atoms with Crippen LogP contribution in [0.15, 0.2) is 36.4 Å². The average Bonchev–Trinajstić information content (AvgIpc) is 2.54. The molecule has 0 aliphatic carbocycles. The molecule has 134 valence electrons. The zero-order valence-electron chi connectivity index (χ0n) is 13.6. The van der Waals surface area contributed by atoms with Crippen molar-refractivity contribution in [1.82, 2.24) is 0 Å². The molecule has 2 aromatic carbocycles. The Hall–Kier alpha value is -1.69. The van der Waals surface area contributed by atoms with Gasteiger partial charge < -0.3 is 10.5 Å². The van der Waals surface area contributed by atoms with E-state index in [-0.39, 0.29) is 10.0 Å². The summed E-state index contributed by atoms with van der Waals surface area (Å²) in [6, 6.07) is 7.63. The van der Waals surface area contributed by atoms with Gasteiger partial charge in [0.2, 0.25) is 0 Å². The van der Waals surface area contributed by atoms with Crippen LogP contribution in [0.2, 0.25) is 10.0 Å². The summed E-state index contributed by atoms with van der Waals surface area (Å²) in [4.78, 5) is 11.8. The Kier molecular flexibility index (Phi) is 6.38. The number of hydrogen-bond donors (Lipinski definition) is 1. The Labute approximate surface area is 154 Å². The van der Waals surface area contributed by atoms with Crippen molar-refractivity contribution >= 4 is 29.2 Å². The number of halogens is 4. The van der Waals surface area contributed by atoms with E-state index in [0.29, 0.717) is 11.1 Å². The quantitative estimate of drug-likeness (QED) is 0.757. The smallest absolute Gasteiger partial charge is 0.322 e. The molecular weight excluding hydrogens is 371 g/mol. The summed E-state index contributed by atoms with van der Waals surface area (Å²) < 4.78 is 33.1. The van der Waals surface area contributed by atoms with E-state index >= 15 is 0 Å². The van der Waals surface area contributed by atoms with Crippen LogP contribution in [0, 0.1) is 11.6 Å². The van der Waals surface area contributed by atoms with E-state index in [2.05, 4.69) is 0 Å². The van der Waals surface area contributed by atoms with Crippen LogP contribution in [-0.2, 0) is 9.53 Å². The first kappa shape index (κ1) is 19.6. The van der Waals surface area contributed by atoms with Gasteiger partial charge in [0.1, 0.15) is 23.8 Å². The highest BCUT2D eigenvalue weighted by Crippen LogP contribution is 2.33. The standard InChI is InChI=1S/C18H17Cl2F2NO2/c1-9(23)18(24)25-10(2)17(11-3-5-13(19)15(21)7-11)12-4-6-14(20)16(22)8-12/h3-10,17H,23H2,1-2H3/t9-,10-/m0/s1. The third-order valence-corrected chi connectivity index (χ3v) is 4.36. The van der Waals surface area contributed by atoms with Gasteiger partial charge in [0.15, 0.2) is 0 Å². The summed E-state index contributed by atoms with van der Waals surface area (Å²) in [6.45, 7) is 3.12. The minimum atomic E-state index is -0.813. The Bertz CT molecular complexity index is 732. The molecule has 0 saturated heterocycles. The number of rotatable bonds is 5. The van der Waals surface area contributed by atoms with Crippen LogP contribution >= 0.6 is 23.2 Å². The second-order valence-electron chi connectivity index (χ2n) is 5.76.